The number of para-hydroxylation sites is 1. The molecule has 1 unspecified atom stereocenters. The van der Waals surface area contributed by atoms with Crippen LogP contribution in [0.1, 0.15) is 23.7 Å². The highest BCUT2D eigenvalue weighted by atomic mass is 32.2. The molecule has 0 saturated heterocycles. The van der Waals surface area contributed by atoms with Gasteiger partial charge in [-0.2, -0.15) is 0 Å². The van der Waals surface area contributed by atoms with Gasteiger partial charge in [0.2, 0.25) is 10.0 Å². The van der Waals surface area contributed by atoms with Crippen LogP contribution in [0, 0.1) is 6.92 Å². The number of nitrogens with one attached hydrogen (secondary N) is 1. The van der Waals surface area contributed by atoms with Gasteiger partial charge in [-0.15, -0.1) is 11.3 Å². The first-order valence-corrected chi connectivity index (χ1v) is 9.24. The maximum atomic E-state index is 12.8. The number of fused-ring (bicyclic) bond motifs is 1. The van der Waals surface area contributed by atoms with Crippen molar-refractivity contribution >= 4 is 32.3 Å². The van der Waals surface area contributed by atoms with Crippen molar-refractivity contribution in [2.24, 2.45) is 7.05 Å². The molecule has 0 aliphatic carbocycles. The van der Waals surface area contributed by atoms with Crippen LogP contribution in [0.4, 0.5) is 0 Å². The minimum atomic E-state index is -3.63. The lowest BCUT2D eigenvalue weighted by molar-refractivity contribution is 0.566. The molecule has 0 aliphatic heterocycles. The van der Waals surface area contributed by atoms with Gasteiger partial charge in [0.15, 0.2) is 0 Å². The van der Waals surface area contributed by atoms with Crippen LogP contribution >= 0.6 is 11.3 Å². The minimum absolute atomic E-state index is 0.342. The normalized spacial score (nSPS) is 13.6. The molecule has 1 N–H and O–H groups in total. The predicted octanol–water partition coefficient (Wildman–Crippen LogP) is 2.98. The smallest absolute Gasteiger partial charge is 0.243 e. The van der Waals surface area contributed by atoms with Crippen LogP contribution in [0.5, 0.6) is 0 Å². The summed E-state index contributed by atoms with van der Waals surface area (Å²) in [5.41, 5.74) is 1.63. The van der Waals surface area contributed by atoms with E-state index in [0.29, 0.717) is 4.90 Å². The molecular weight excluding hydrogens is 318 g/mol. The Bertz CT molecular complexity index is 912. The van der Waals surface area contributed by atoms with Crippen molar-refractivity contribution in [2.75, 3.05) is 0 Å². The lowest BCUT2D eigenvalue weighted by Crippen LogP contribution is -2.27. The zero-order valence-corrected chi connectivity index (χ0v) is 14.2. The maximum absolute atomic E-state index is 12.8. The van der Waals surface area contributed by atoms with Crippen LogP contribution in [-0.4, -0.2) is 18.0 Å². The van der Waals surface area contributed by atoms with Gasteiger partial charge in [-0.3, -0.25) is 0 Å². The van der Waals surface area contributed by atoms with Crippen molar-refractivity contribution in [1.82, 2.24) is 14.3 Å². The molecule has 2 heterocycles. The second kappa shape index (κ2) is 5.49. The topological polar surface area (TPSA) is 64.0 Å². The zero-order valence-electron chi connectivity index (χ0n) is 12.6. The molecule has 3 rings (SSSR count). The molecule has 0 fully saturated rings. The van der Waals surface area contributed by atoms with E-state index in [0.717, 1.165) is 21.6 Å². The highest BCUT2D eigenvalue weighted by molar-refractivity contribution is 7.89. The van der Waals surface area contributed by atoms with Crippen LogP contribution < -0.4 is 4.72 Å². The fourth-order valence-electron chi connectivity index (χ4n) is 2.62. The first kappa shape index (κ1) is 15.2. The number of aromatic nitrogens is 2. The van der Waals surface area contributed by atoms with Crippen molar-refractivity contribution in [3.8, 4) is 0 Å². The predicted molar refractivity (Wildman–Crippen MR) is 88.5 cm³/mol. The van der Waals surface area contributed by atoms with Crippen LogP contribution in [-0.2, 0) is 17.1 Å². The molecule has 0 amide bonds. The van der Waals surface area contributed by atoms with E-state index in [-0.39, 0.29) is 6.04 Å². The fraction of sp³-hybridized carbons (Fsp3) is 0.267. The Morgan fingerprint density at radius 1 is 1.32 bits per heavy atom. The molecule has 0 radical (unpaired) electrons. The summed E-state index contributed by atoms with van der Waals surface area (Å²) < 4.78 is 30.3. The SMILES string of the molecule is Cc1c(S(=O)(=O)NC(C)c2nccs2)c2ccccc2n1C. The van der Waals surface area contributed by atoms with Gasteiger partial charge >= 0.3 is 0 Å². The number of hydrogen-bond acceptors (Lipinski definition) is 4. The number of sulfonamides is 1. The molecule has 0 spiro atoms. The Morgan fingerprint density at radius 2 is 2.05 bits per heavy atom. The minimum Gasteiger partial charge on any atom is -0.347 e. The van der Waals surface area contributed by atoms with E-state index in [2.05, 4.69) is 9.71 Å². The number of hydrogen-bond donors (Lipinski definition) is 1. The molecule has 1 aromatic carbocycles. The maximum Gasteiger partial charge on any atom is 0.243 e. The summed E-state index contributed by atoms with van der Waals surface area (Å²) in [6, 6.07) is 7.16. The van der Waals surface area contributed by atoms with Gasteiger partial charge in [0.1, 0.15) is 9.90 Å². The summed E-state index contributed by atoms with van der Waals surface area (Å²) in [5, 5.41) is 3.33. The fourth-order valence-corrected chi connectivity index (χ4v) is 5.02. The van der Waals surface area contributed by atoms with Crippen molar-refractivity contribution in [2.45, 2.75) is 24.8 Å². The monoisotopic (exact) mass is 335 g/mol. The Hall–Kier alpha value is -1.70. The number of nitrogens with zero attached hydrogens (tertiary/aromatic N) is 2. The van der Waals surface area contributed by atoms with E-state index in [9.17, 15) is 8.42 Å². The van der Waals surface area contributed by atoms with Gasteiger partial charge in [0.05, 0.1) is 6.04 Å². The summed E-state index contributed by atoms with van der Waals surface area (Å²) in [5.74, 6) is 0. The standard InChI is InChI=1S/C15H17N3O2S2/c1-10(15-16-8-9-21-15)17-22(19,20)14-11(2)18(3)13-7-5-4-6-12(13)14/h4-10,17H,1-3H3. The van der Waals surface area contributed by atoms with Crippen molar-refractivity contribution < 1.29 is 8.42 Å². The highest BCUT2D eigenvalue weighted by Crippen LogP contribution is 2.30. The number of benzene rings is 1. The Morgan fingerprint density at radius 3 is 2.73 bits per heavy atom. The van der Waals surface area contributed by atoms with Crippen molar-refractivity contribution in [3.63, 3.8) is 0 Å². The quantitative estimate of drug-likeness (QED) is 0.797. The Labute approximate surface area is 133 Å². The third kappa shape index (κ3) is 2.45. The van der Waals surface area contributed by atoms with E-state index < -0.39 is 10.0 Å². The average Bonchev–Trinajstić information content (AvgIpc) is 3.07. The first-order valence-electron chi connectivity index (χ1n) is 6.87. The van der Waals surface area contributed by atoms with Gasteiger partial charge in [-0.25, -0.2) is 18.1 Å². The summed E-state index contributed by atoms with van der Waals surface area (Å²) in [4.78, 5) is 4.51. The molecule has 0 aliphatic rings. The number of rotatable bonds is 4. The summed E-state index contributed by atoms with van der Waals surface area (Å²) in [6.07, 6.45) is 1.67. The van der Waals surface area contributed by atoms with Crippen LogP contribution in [0.3, 0.4) is 0 Å². The molecule has 3 aromatic rings. The van der Waals surface area contributed by atoms with Crippen LogP contribution in [0.25, 0.3) is 10.9 Å². The number of aryl methyl sites for hydroxylation is 1. The largest absolute Gasteiger partial charge is 0.347 e. The van der Waals surface area contributed by atoms with E-state index in [1.165, 1.54) is 11.3 Å². The summed E-state index contributed by atoms with van der Waals surface area (Å²) in [7, 11) is -1.75. The first-order chi connectivity index (χ1) is 10.4. The van der Waals surface area contributed by atoms with E-state index in [4.69, 9.17) is 0 Å². The average molecular weight is 335 g/mol. The molecule has 7 heteroatoms. The Balaban J connectivity index is 2.08. The van der Waals surface area contributed by atoms with Gasteiger partial charge in [0, 0.05) is 35.2 Å². The summed E-state index contributed by atoms with van der Waals surface area (Å²) >= 11 is 1.44. The van der Waals surface area contributed by atoms with Gasteiger partial charge in [-0.1, -0.05) is 18.2 Å². The van der Waals surface area contributed by atoms with Gasteiger partial charge < -0.3 is 4.57 Å². The molecule has 22 heavy (non-hydrogen) atoms. The van der Waals surface area contributed by atoms with Crippen molar-refractivity contribution in [3.05, 3.63) is 46.5 Å². The molecule has 116 valence electrons. The van der Waals surface area contributed by atoms with Crippen LogP contribution in [0.2, 0.25) is 0 Å². The molecular formula is C15H17N3O2S2. The van der Waals surface area contributed by atoms with E-state index in [1.807, 2.05) is 48.2 Å². The van der Waals surface area contributed by atoms with Gasteiger partial charge in [-0.05, 0) is 19.9 Å². The second-order valence-electron chi connectivity index (χ2n) is 5.20. The summed E-state index contributed by atoms with van der Waals surface area (Å²) in [6.45, 7) is 3.62. The van der Waals surface area contributed by atoms with Crippen molar-refractivity contribution in [1.29, 1.82) is 0 Å². The lowest BCUT2D eigenvalue weighted by atomic mass is 10.2. The zero-order chi connectivity index (χ0) is 15.9. The number of thiazole rings is 1. The third-order valence-corrected chi connectivity index (χ3v) is 6.44. The van der Waals surface area contributed by atoms with Crippen LogP contribution in [0.15, 0.2) is 40.7 Å². The Kier molecular flexibility index (Phi) is 3.80. The second-order valence-corrected chi connectivity index (χ2v) is 7.78. The molecule has 0 bridgehead atoms. The van der Waals surface area contributed by atoms with Gasteiger partial charge in [0.25, 0.3) is 0 Å². The lowest BCUT2D eigenvalue weighted by Gasteiger charge is -2.12. The van der Waals surface area contributed by atoms with E-state index in [1.54, 1.807) is 13.1 Å². The highest BCUT2D eigenvalue weighted by Gasteiger charge is 2.26. The molecule has 0 saturated carbocycles. The third-order valence-electron chi connectivity index (χ3n) is 3.76. The van der Waals surface area contributed by atoms with E-state index >= 15 is 0 Å². The molecule has 2 aromatic heterocycles. The molecule has 5 nitrogen and oxygen atoms in total. The molecule has 1 atom stereocenters.